The van der Waals surface area contributed by atoms with E-state index in [1.54, 1.807) is 6.92 Å². The molecule has 0 aromatic carbocycles. The van der Waals surface area contributed by atoms with Crippen molar-refractivity contribution in [2.45, 2.75) is 57.5 Å². The summed E-state index contributed by atoms with van der Waals surface area (Å²) in [6.07, 6.45) is 7.83. The normalized spacial score (nSPS) is 39.1. The molecule has 0 amide bonds. The van der Waals surface area contributed by atoms with Gasteiger partial charge in [0.1, 0.15) is 5.78 Å². The van der Waals surface area contributed by atoms with Crippen molar-refractivity contribution in [2.24, 2.45) is 5.92 Å². The van der Waals surface area contributed by atoms with Crippen LogP contribution in [0, 0.1) is 5.92 Å². The van der Waals surface area contributed by atoms with Crippen molar-refractivity contribution < 1.29 is 4.79 Å². The Hall–Kier alpha value is -0.370. The summed E-state index contributed by atoms with van der Waals surface area (Å²) in [5.41, 5.74) is 0. The molecule has 0 aromatic heterocycles. The molecular weight excluding hydrogens is 174 g/mol. The molecule has 3 unspecified atom stereocenters. The maximum atomic E-state index is 11.4. The minimum Gasteiger partial charge on any atom is -0.298 e. The van der Waals surface area contributed by atoms with Crippen LogP contribution in [0.15, 0.2) is 0 Å². The van der Waals surface area contributed by atoms with Gasteiger partial charge in [0, 0.05) is 6.04 Å². The molecule has 1 aliphatic carbocycles. The fourth-order valence-electron chi connectivity index (χ4n) is 3.36. The molecule has 80 valence electrons. The third-order valence-corrected chi connectivity index (χ3v) is 4.16. The quantitative estimate of drug-likeness (QED) is 0.639. The molecule has 0 aromatic rings. The smallest absolute Gasteiger partial charge is 0.146 e. The average molecular weight is 195 g/mol. The van der Waals surface area contributed by atoms with Crippen LogP contribution >= 0.6 is 0 Å². The number of fused-ring (bicyclic) bond motifs is 1. The molecule has 2 heteroatoms. The summed E-state index contributed by atoms with van der Waals surface area (Å²) in [5.74, 6) is 1.24. The first-order chi connectivity index (χ1) is 6.70. The number of likely N-dealkylation sites (tertiary alicyclic amines) is 1. The van der Waals surface area contributed by atoms with Gasteiger partial charge in [0.2, 0.25) is 0 Å². The number of carbonyl (C=O) groups is 1. The van der Waals surface area contributed by atoms with Crippen molar-refractivity contribution in [1.29, 1.82) is 0 Å². The van der Waals surface area contributed by atoms with Crippen LogP contribution in [-0.4, -0.2) is 29.8 Å². The number of nitrogens with zero attached hydrogens (tertiary/aromatic N) is 1. The number of ketones is 1. The summed E-state index contributed by atoms with van der Waals surface area (Å²) in [7, 11) is 2.15. The number of piperidine rings is 1. The summed E-state index contributed by atoms with van der Waals surface area (Å²) in [4.78, 5) is 13.8. The lowest BCUT2D eigenvalue weighted by Gasteiger charge is -2.46. The fraction of sp³-hybridized carbons (Fsp3) is 0.917. The van der Waals surface area contributed by atoms with E-state index in [0.717, 1.165) is 12.3 Å². The molecule has 1 saturated carbocycles. The Kier molecular flexibility index (Phi) is 2.91. The molecule has 2 aliphatic rings. The van der Waals surface area contributed by atoms with Gasteiger partial charge in [0.25, 0.3) is 0 Å². The summed E-state index contributed by atoms with van der Waals surface area (Å²) in [5, 5.41) is 0. The van der Waals surface area contributed by atoms with Crippen LogP contribution in [0.2, 0.25) is 0 Å². The van der Waals surface area contributed by atoms with Crippen LogP contribution in [-0.2, 0) is 4.79 Å². The summed E-state index contributed by atoms with van der Waals surface area (Å²) >= 11 is 0. The molecule has 2 fully saturated rings. The van der Waals surface area contributed by atoms with E-state index in [2.05, 4.69) is 11.9 Å². The van der Waals surface area contributed by atoms with Crippen molar-refractivity contribution in [2.75, 3.05) is 7.05 Å². The largest absolute Gasteiger partial charge is 0.298 e. The minimum atomic E-state index is 0.217. The van der Waals surface area contributed by atoms with Crippen LogP contribution in [0.3, 0.4) is 0 Å². The molecule has 14 heavy (non-hydrogen) atoms. The maximum absolute atomic E-state index is 11.4. The Balaban J connectivity index is 2.06. The first-order valence-electron chi connectivity index (χ1n) is 5.92. The van der Waals surface area contributed by atoms with Crippen molar-refractivity contribution >= 4 is 5.78 Å². The van der Waals surface area contributed by atoms with Crippen molar-refractivity contribution in [3.8, 4) is 0 Å². The number of hydrogen-bond donors (Lipinski definition) is 0. The molecule has 3 atom stereocenters. The van der Waals surface area contributed by atoms with E-state index in [0.29, 0.717) is 11.8 Å². The molecule has 2 nitrogen and oxygen atoms in total. The van der Waals surface area contributed by atoms with E-state index in [1.807, 2.05) is 0 Å². The van der Waals surface area contributed by atoms with Gasteiger partial charge in [-0.25, -0.2) is 0 Å². The standard InChI is InChI=1S/C12H21NO/c1-9(14)11-8-7-10-5-3-4-6-12(10)13(11)2/h10-12H,3-8H2,1-2H3. The highest BCUT2D eigenvalue weighted by Gasteiger charge is 2.37. The maximum Gasteiger partial charge on any atom is 0.146 e. The summed E-state index contributed by atoms with van der Waals surface area (Å²) in [6.45, 7) is 1.74. The second-order valence-electron chi connectivity index (χ2n) is 4.98. The minimum absolute atomic E-state index is 0.217. The Labute approximate surface area is 86.7 Å². The summed E-state index contributed by atoms with van der Waals surface area (Å²) in [6, 6.07) is 0.917. The molecule has 1 heterocycles. The van der Waals surface area contributed by atoms with Gasteiger partial charge in [-0.15, -0.1) is 0 Å². The molecule has 0 N–H and O–H groups in total. The number of carbonyl (C=O) groups excluding carboxylic acids is 1. The van der Waals surface area contributed by atoms with Gasteiger partial charge in [-0.2, -0.15) is 0 Å². The lowest BCUT2D eigenvalue weighted by Crippen LogP contribution is -2.52. The number of Topliss-reactive ketones (excluding diaryl/α,β-unsaturated/α-hetero) is 1. The molecule has 0 radical (unpaired) electrons. The highest BCUT2D eigenvalue weighted by molar-refractivity contribution is 5.81. The van der Waals surface area contributed by atoms with E-state index < -0.39 is 0 Å². The fourth-order valence-corrected chi connectivity index (χ4v) is 3.36. The van der Waals surface area contributed by atoms with E-state index in [1.165, 1.54) is 32.1 Å². The molecule has 1 aliphatic heterocycles. The van der Waals surface area contributed by atoms with Crippen molar-refractivity contribution in [1.82, 2.24) is 4.90 Å². The Bertz CT molecular complexity index is 226. The van der Waals surface area contributed by atoms with Crippen LogP contribution in [0.4, 0.5) is 0 Å². The van der Waals surface area contributed by atoms with Gasteiger partial charge in [-0.3, -0.25) is 9.69 Å². The zero-order valence-corrected chi connectivity index (χ0v) is 9.33. The van der Waals surface area contributed by atoms with Gasteiger partial charge in [0.05, 0.1) is 6.04 Å². The first kappa shape index (κ1) is 10.2. The van der Waals surface area contributed by atoms with Gasteiger partial charge >= 0.3 is 0 Å². The van der Waals surface area contributed by atoms with E-state index in [-0.39, 0.29) is 6.04 Å². The second kappa shape index (κ2) is 4.01. The highest BCUT2D eigenvalue weighted by atomic mass is 16.1. The zero-order chi connectivity index (χ0) is 10.1. The average Bonchev–Trinajstić information content (AvgIpc) is 2.18. The third kappa shape index (κ3) is 1.72. The Morgan fingerprint density at radius 2 is 1.86 bits per heavy atom. The molecule has 2 rings (SSSR count). The van der Waals surface area contributed by atoms with E-state index >= 15 is 0 Å². The second-order valence-corrected chi connectivity index (χ2v) is 4.98. The predicted octanol–water partition coefficient (Wildman–Crippen LogP) is 2.23. The van der Waals surface area contributed by atoms with Crippen LogP contribution < -0.4 is 0 Å². The van der Waals surface area contributed by atoms with E-state index in [9.17, 15) is 4.79 Å². The first-order valence-corrected chi connectivity index (χ1v) is 5.92. The monoisotopic (exact) mass is 195 g/mol. The lowest BCUT2D eigenvalue weighted by molar-refractivity contribution is -0.125. The van der Waals surface area contributed by atoms with Gasteiger partial charge in [0.15, 0.2) is 0 Å². The van der Waals surface area contributed by atoms with Gasteiger partial charge in [-0.05, 0) is 45.6 Å². The van der Waals surface area contributed by atoms with Crippen LogP contribution in [0.25, 0.3) is 0 Å². The van der Waals surface area contributed by atoms with Crippen molar-refractivity contribution in [3.63, 3.8) is 0 Å². The van der Waals surface area contributed by atoms with Gasteiger partial charge in [-0.1, -0.05) is 12.8 Å². The van der Waals surface area contributed by atoms with Crippen LogP contribution in [0.5, 0.6) is 0 Å². The van der Waals surface area contributed by atoms with Crippen molar-refractivity contribution in [3.05, 3.63) is 0 Å². The lowest BCUT2D eigenvalue weighted by atomic mass is 9.76. The number of likely N-dealkylation sites (N-methyl/N-ethyl adjacent to an activating group) is 1. The zero-order valence-electron chi connectivity index (χ0n) is 9.33. The molecule has 0 bridgehead atoms. The van der Waals surface area contributed by atoms with Crippen LogP contribution in [0.1, 0.15) is 45.4 Å². The highest BCUT2D eigenvalue weighted by Crippen LogP contribution is 2.36. The SMILES string of the molecule is CC(=O)C1CCC2CCCCC2N1C. The Morgan fingerprint density at radius 1 is 1.14 bits per heavy atom. The van der Waals surface area contributed by atoms with E-state index in [4.69, 9.17) is 0 Å². The number of rotatable bonds is 1. The molecular formula is C12H21NO. The van der Waals surface area contributed by atoms with Gasteiger partial charge < -0.3 is 0 Å². The topological polar surface area (TPSA) is 20.3 Å². The molecule has 1 saturated heterocycles. The summed E-state index contributed by atoms with van der Waals surface area (Å²) < 4.78 is 0. The predicted molar refractivity (Wildman–Crippen MR) is 57.2 cm³/mol. The number of hydrogen-bond acceptors (Lipinski definition) is 2. The molecule has 0 spiro atoms. The third-order valence-electron chi connectivity index (χ3n) is 4.16. The Morgan fingerprint density at radius 3 is 2.57 bits per heavy atom.